The molecule has 0 aliphatic heterocycles. The molecule has 0 saturated carbocycles. The molecule has 0 aliphatic rings. The van der Waals surface area contributed by atoms with Crippen molar-refractivity contribution in [2.75, 3.05) is 7.11 Å². The van der Waals surface area contributed by atoms with E-state index in [1.54, 1.807) is 18.4 Å². The average molecular weight is 327 g/mol. The van der Waals surface area contributed by atoms with Crippen LogP contribution >= 0.6 is 27.3 Å². The molecule has 0 amide bonds. The number of aromatic nitrogens is 1. The molecule has 1 aromatic heterocycles. The van der Waals surface area contributed by atoms with Crippen molar-refractivity contribution in [3.63, 3.8) is 0 Å². The van der Waals surface area contributed by atoms with Crippen LogP contribution in [0.4, 0.5) is 0 Å². The molecule has 0 bridgehead atoms. The Morgan fingerprint density at radius 2 is 2.28 bits per heavy atom. The third-order valence-electron chi connectivity index (χ3n) is 2.69. The summed E-state index contributed by atoms with van der Waals surface area (Å²) < 4.78 is 6.15. The summed E-state index contributed by atoms with van der Waals surface area (Å²) in [7, 11) is 1.66. The number of hydrogen-bond donors (Lipinski definition) is 1. The van der Waals surface area contributed by atoms with Crippen LogP contribution < -0.4 is 10.5 Å². The summed E-state index contributed by atoms with van der Waals surface area (Å²) in [5, 5.41) is 3.08. The second kappa shape index (κ2) is 5.82. The molecule has 5 heteroatoms. The maximum absolute atomic E-state index is 6.16. The number of benzene rings is 1. The van der Waals surface area contributed by atoms with Crippen molar-refractivity contribution in [1.29, 1.82) is 0 Å². The van der Waals surface area contributed by atoms with Gasteiger partial charge in [-0.15, -0.1) is 11.3 Å². The van der Waals surface area contributed by atoms with E-state index in [1.165, 1.54) is 5.56 Å². The normalized spacial score (nSPS) is 12.4. The second-order valence-electron chi connectivity index (χ2n) is 4.07. The Hall–Kier alpha value is -0.910. The van der Waals surface area contributed by atoms with Gasteiger partial charge in [0.2, 0.25) is 0 Å². The van der Waals surface area contributed by atoms with Gasteiger partial charge in [0, 0.05) is 5.38 Å². The van der Waals surface area contributed by atoms with Gasteiger partial charge in [-0.1, -0.05) is 6.07 Å². The van der Waals surface area contributed by atoms with Gasteiger partial charge < -0.3 is 10.5 Å². The van der Waals surface area contributed by atoms with Crippen LogP contribution in [0, 0.1) is 6.92 Å². The SMILES string of the molecule is COc1ccc(CC(N)c2csc(C)n2)cc1Br. The number of halogens is 1. The third-order valence-corrected chi connectivity index (χ3v) is 4.10. The lowest BCUT2D eigenvalue weighted by atomic mass is 10.0. The fourth-order valence-electron chi connectivity index (χ4n) is 1.75. The molecule has 2 aromatic rings. The van der Waals surface area contributed by atoms with Crippen molar-refractivity contribution >= 4 is 27.3 Å². The zero-order valence-corrected chi connectivity index (χ0v) is 12.7. The zero-order chi connectivity index (χ0) is 13.1. The number of thiazole rings is 1. The average Bonchev–Trinajstić information content (AvgIpc) is 2.76. The molecule has 0 saturated heterocycles. The minimum atomic E-state index is -0.0600. The monoisotopic (exact) mass is 326 g/mol. The minimum absolute atomic E-state index is 0.0600. The maximum Gasteiger partial charge on any atom is 0.133 e. The van der Waals surface area contributed by atoms with Gasteiger partial charge in [-0.25, -0.2) is 4.98 Å². The number of nitrogens with zero attached hydrogens (tertiary/aromatic N) is 1. The lowest BCUT2D eigenvalue weighted by molar-refractivity contribution is 0.412. The molecule has 2 N–H and O–H groups in total. The summed E-state index contributed by atoms with van der Waals surface area (Å²) in [5.41, 5.74) is 8.29. The van der Waals surface area contributed by atoms with Gasteiger partial charge in [0.05, 0.1) is 28.3 Å². The Balaban J connectivity index is 2.12. The van der Waals surface area contributed by atoms with Crippen LogP contribution in [0.1, 0.15) is 22.3 Å². The van der Waals surface area contributed by atoms with Gasteiger partial charge in [0.25, 0.3) is 0 Å². The Labute approximate surface area is 119 Å². The van der Waals surface area contributed by atoms with E-state index in [2.05, 4.69) is 20.9 Å². The predicted octanol–water partition coefficient (Wildman–Crippen LogP) is 3.47. The molecule has 2 rings (SSSR count). The molecule has 1 atom stereocenters. The van der Waals surface area contributed by atoms with Gasteiger partial charge in [-0.2, -0.15) is 0 Å². The highest BCUT2D eigenvalue weighted by Crippen LogP contribution is 2.27. The number of aryl methyl sites for hydroxylation is 1. The van der Waals surface area contributed by atoms with Crippen LogP contribution in [-0.4, -0.2) is 12.1 Å². The summed E-state index contributed by atoms with van der Waals surface area (Å²) in [4.78, 5) is 4.42. The van der Waals surface area contributed by atoms with E-state index < -0.39 is 0 Å². The van der Waals surface area contributed by atoms with E-state index in [0.29, 0.717) is 0 Å². The van der Waals surface area contributed by atoms with E-state index in [-0.39, 0.29) is 6.04 Å². The fraction of sp³-hybridized carbons (Fsp3) is 0.308. The highest BCUT2D eigenvalue weighted by atomic mass is 79.9. The first-order valence-corrected chi connectivity index (χ1v) is 7.27. The molecule has 3 nitrogen and oxygen atoms in total. The Kier molecular flexibility index (Phi) is 4.37. The summed E-state index contributed by atoms with van der Waals surface area (Å²) in [5.74, 6) is 0.830. The van der Waals surface area contributed by atoms with E-state index in [4.69, 9.17) is 10.5 Å². The Bertz CT molecular complexity index is 542. The number of ether oxygens (including phenoxy) is 1. The molecule has 1 heterocycles. The molecule has 0 spiro atoms. The standard InChI is InChI=1S/C13H15BrN2OS/c1-8-16-12(7-18-8)11(15)6-9-3-4-13(17-2)10(14)5-9/h3-5,7,11H,6,15H2,1-2H3. The second-order valence-corrected chi connectivity index (χ2v) is 5.99. The summed E-state index contributed by atoms with van der Waals surface area (Å²) in [6.45, 7) is 1.99. The van der Waals surface area contributed by atoms with Crippen molar-refractivity contribution < 1.29 is 4.74 Å². The first-order chi connectivity index (χ1) is 8.60. The number of rotatable bonds is 4. The number of nitrogens with two attached hydrogens (primary N) is 1. The highest BCUT2D eigenvalue weighted by molar-refractivity contribution is 9.10. The van der Waals surface area contributed by atoms with Crippen LogP contribution in [0.25, 0.3) is 0 Å². The fourth-order valence-corrected chi connectivity index (χ4v) is 3.01. The summed E-state index contributed by atoms with van der Waals surface area (Å²) in [6, 6.07) is 5.95. The molecular weight excluding hydrogens is 312 g/mol. The lowest BCUT2D eigenvalue weighted by Gasteiger charge is -2.10. The van der Waals surface area contributed by atoms with E-state index >= 15 is 0 Å². The van der Waals surface area contributed by atoms with Crippen LogP contribution in [0.5, 0.6) is 5.75 Å². The maximum atomic E-state index is 6.16. The minimum Gasteiger partial charge on any atom is -0.496 e. The largest absolute Gasteiger partial charge is 0.496 e. The summed E-state index contributed by atoms with van der Waals surface area (Å²) >= 11 is 5.11. The third kappa shape index (κ3) is 3.10. The van der Waals surface area contributed by atoms with Crippen molar-refractivity contribution in [3.8, 4) is 5.75 Å². The van der Waals surface area contributed by atoms with Gasteiger partial charge in [0.1, 0.15) is 5.75 Å². The topological polar surface area (TPSA) is 48.1 Å². The van der Waals surface area contributed by atoms with Gasteiger partial charge >= 0.3 is 0 Å². The molecule has 1 unspecified atom stereocenters. The van der Waals surface area contributed by atoms with Gasteiger partial charge in [0.15, 0.2) is 0 Å². The lowest BCUT2D eigenvalue weighted by Crippen LogP contribution is -2.13. The van der Waals surface area contributed by atoms with Gasteiger partial charge in [-0.05, 0) is 47.0 Å². The number of hydrogen-bond acceptors (Lipinski definition) is 4. The van der Waals surface area contributed by atoms with Crippen LogP contribution in [0.15, 0.2) is 28.1 Å². The molecule has 96 valence electrons. The zero-order valence-electron chi connectivity index (χ0n) is 10.3. The summed E-state index contributed by atoms with van der Waals surface area (Å²) in [6.07, 6.45) is 0.770. The molecule has 0 aliphatic carbocycles. The first kappa shape index (κ1) is 13.5. The van der Waals surface area contributed by atoms with Crippen molar-refractivity contribution in [2.24, 2.45) is 5.73 Å². The predicted molar refractivity (Wildman–Crippen MR) is 78.2 cm³/mol. The molecule has 0 fully saturated rings. The van der Waals surface area contributed by atoms with E-state index in [1.807, 2.05) is 30.5 Å². The van der Waals surface area contributed by atoms with Crippen LogP contribution in [0.3, 0.4) is 0 Å². The smallest absolute Gasteiger partial charge is 0.133 e. The molecule has 18 heavy (non-hydrogen) atoms. The van der Waals surface area contributed by atoms with Crippen LogP contribution in [-0.2, 0) is 6.42 Å². The van der Waals surface area contributed by atoms with Crippen LogP contribution in [0.2, 0.25) is 0 Å². The Morgan fingerprint density at radius 3 is 2.83 bits per heavy atom. The van der Waals surface area contributed by atoms with Crippen molar-refractivity contribution in [2.45, 2.75) is 19.4 Å². The Morgan fingerprint density at radius 1 is 1.50 bits per heavy atom. The highest BCUT2D eigenvalue weighted by Gasteiger charge is 2.11. The van der Waals surface area contributed by atoms with Crippen molar-refractivity contribution in [3.05, 3.63) is 44.3 Å². The molecule has 1 aromatic carbocycles. The quantitative estimate of drug-likeness (QED) is 0.935. The van der Waals surface area contributed by atoms with Crippen molar-refractivity contribution in [1.82, 2.24) is 4.98 Å². The van der Waals surface area contributed by atoms with E-state index in [0.717, 1.165) is 27.3 Å². The molecule has 0 radical (unpaired) electrons. The molecular formula is C13H15BrN2OS. The first-order valence-electron chi connectivity index (χ1n) is 5.60. The number of methoxy groups -OCH3 is 1. The van der Waals surface area contributed by atoms with Gasteiger partial charge in [-0.3, -0.25) is 0 Å². The van der Waals surface area contributed by atoms with E-state index in [9.17, 15) is 0 Å².